The van der Waals surface area contributed by atoms with Crippen LogP contribution in [0.5, 0.6) is 0 Å². The molecule has 4 atom stereocenters. The number of carbonyl (C=O) groups is 2. The summed E-state index contributed by atoms with van der Waals surface area (Å²) >= 11 is 0. The maximum Gasteiger partial charge on any atom is 0.338 e. The third-order valence-electron chi connectivity index (χ3n) is 5.45. The summed E-state index contributed by atoms with van der Waals surface area (Å²) in [6.45, 7) is 0.337. The second-order valence-corrected chi connectivity index (χ2v) is 9.15. The second-order valence-electron chi connectivity index (χ2n) is 7.76. The third kappa shape index (κ3) is 4.28. The van der Waals surface area contributed by atoms with E-state index in [4.69, 9.17) is 24.1 Å². The Balaban J connectivity index is 1.82. The molecule has 15 heteroatoms. The molecule has 0 aliphatic carbocycles. The van der Waals surface area contributed by atoms with Gasteiger partial charge in [0.25, 0.3) is 15.7 Å². The zero-order chi connectivity index (χ0) is 26.3. The van der Waals surface area contributed by atoms with Crippen molar-refractivity contribution in [3.8, 4) is 6.07 Å². The van der Waals surface area contributed by atoms with E-state index in [0.717, 1.165) is 13.0 Å². The molecule has 3 N–H and O–H groups in total. The number of nitrogens with zero attached hydrogens (tertiary/aromatic N) is 2. The Morgan fingerprint density at radius 3 is 2.56 bits per heavy atom. The fourth-order valence-corrected chi connectivity index (χ4v) is 5.26. The topological polar surface area (TPSA) is 210 Å². The van der Waals surface area contributed by atoms with Crippen LogP contribution in [0.4, 0.5) is 0 Å². The Morgan fingerprint density at radius 1 is 1.28 bits per heavy atom. The molecule has 1 fully saturated rings. The van der Waals surface area contributed by atoms with Gasteiger partial charge >= 0.3 is 17.6 Å². The average molecular weight is 518 g/mol. The highest BCUT2D eigenvalue weighted by Gasteiger charge is 2.67. The lowest BCUT2D eigenvalue weighted by Gasteiger charge is -2.33. The summed E-state index contributed by atoms with van der Waals surface area (Å²) in [5.74, 6) is -1.74. The lowest BCUT2D eigenvalue weighted by molar-refractivity contribution is -0.158. The van der Waals surface area contributed by atoms with E-state index in [1.54, 1.807) is 24.3 Å². The van der Waals surface area contributed by atoms with Crippen molar-refractivity contribution >= 4 is 22.1 Å². The third-order valence-corrected chi connectivity index (χ3v) is 6.50. The molecule has 1 saturated heterocycles. The van der Waals surface area contributed by atoms with Gasteiger partial charge in [-0.05, 0) is 12.1 Å². The quantitative estimate of drug-likeness (QED) is 0.360. The molecule has 0 amide bonds. The van der Waals surface area contributed by atoms with Gasteiger partial charge in [0, 0.05) is 13.0 Å². The van der Waals surface area contributed by atoms with E-state index in [1.165, 1.54) is 12.1 Å². The maximum absolute atomic E-state index is 12.7. The molecular formula is C21H18N4O10S. The monoisotopic (exact) mass is 518 g/mol. The van der Waals surface area contributed by atoms with Gasteiger partial charge in [0.15, 0.2) is 17.9 Å². The number of esters is 2. The van der Waals surface area contributed by atoms with Crippen molar-refractivity contribution in [2.75, 3.05) is 6.61 Å². The first-order valence-electron chi connectivity index (χ1n) is 10.2. The van der Waals surface area contributed by atoms with Gasteiger partial charge in [-0.3, -0.25) is 19.1 Å². The van der Waals surface area contributed by atoms with Gasteiger partial charge in [-0.1, -0.05) is 18.2 Å². The lowest BCUT2D eigenvalue weighted by atomic mass is 9.89. The molecule has 2 aliphatic rings. The van der Waals surface area contributed by atoms with Crippen LogP contribution in [0.15, 0.2) is 57.1 Å². The largest absolute Gasteiger partial charge is 0.459 e. The van der Waals surface area contributed by atoms with Crippen LogP contribution < -0.4 is 17.0 Å². The van der Waals surface area contributed by atoms with Gasteiger partial charge in [-0.25, -0.2) is 13.8 Å². The number of rotatable bonds is 5. The van der Waals surface area contributed by atoms with E-state index in [-0.39, 0.29) is 5.56 Å². The number of nitriles is 1. The molecule has 1 aromatic heterocycles. The predicted octanol–water partition coefficient (Wildman–Crippen LogP) is -1.01. The van der Waals surface area contributed by atoms with Crippen molar-refractivity contribution in [1.82, 2.24) is 9.55 Å². The molecule has 36 heavy (non-hydrogen) atoms. The highest BCUT2D eigenvalue weighted by molar-refractivity contribution is 7.90. The molecule has 3 heterocycles. The average Bonchev–Trinajstić information content (AvgIpc) is 3.23. The molecule has 4 rings (SSSR count). The number of aromatic nitrogens is 2. The van der Waals surface area contributed by atoms with Gasteiger partial charge in [-0.2, -0.15) is 13.7 Å². The lowest BCUT2D eigenvalue weighted by Crippen LogP contribution is -2.55. The van der Waals surface area contributed by atoms with E-state index in [1.807, 2.05) is 4.98 Å². The summed E-state index contributed by atoms with van der Waals surface area (Å²) < 4.78 is 47.1. The Labute approximate surface area is 202 Å². The van der Waals surface area contributed by atoms with Crippen molar-refractivity contribution in [2.24, 2.45) is 5.73 Å². The number of H-pyrrole nitrogens is 1. The molecule has 0 bridgehead atoms. The number of carbonyl (C=O) groups excluding carboxylic acids is 2. The highest BCUT2D eigenvalue weighted by atomic mass is 32.2. The Hall–Kier alpha value is -4.26. The summed E-state index contributed by atoms with van der Waals surface area (Å²) in [6, 6.07) is 10.3. The highest BCUT2D eigenvalue weighted by Crippen LogP contribution is 2.48. The maximum atomic E-state index is 12.7. The molecule has 0 unspecified atom stereocenters. The zero-order valence-electron chi connectivity index (χ0n) is 18.4. The van der Waals surface area contributed by atoms with Crippen LogP contribution in [0.2, 0.25) is 0 Å². The molecule has 14 nitrogen and oxygen atoms in total. The van der Waals surface area contributed by atoms with E-state index in [2.05, 4.69) is 0 Å². The molecule has 1 aromatic carbocycles. The summed E-state index contributed by atoms with van der Waals surface area (Å²) in [5.41, 5.74) is 0.960. The van der Waals surface area contributed by atoms with Crippen molar-refractivity contribution in [3.05, 3.63) is 79.6 Å². The van der Waals surface area contributed by atoms with Gasteiger partial charge in [0.05, 0.1) is 16.7 Å². The van der Waals surface area contributed by atoms with E-state index < -0.39 is 75.3 Å². The molecule has 2 aliphatic heterocycles. The first-order valence-corrected chi connectivity index (χ1v) is 11.7. The molecule has 2 aromatic rings. The van der Waals surface area contributed by atoms with Gasteiger partial charge in [-0.15, -0.1) is 0 Å². The number of nitrogens with two attached hydrogens (primary N) is 1. The smallest absolute Gasteiger partial charge is 0.338 e. The van der Waals surface area contributed by atoms with Crippen LogP contribution in [0.25, 0.3) is 0 Å². The Bertz CT molecular complexity index is 1520. The van der Waals surface area contributed by atoms with Crippen LogP contribution >= 0.6 is 0 Å². The van der Waals surface area contributed by atoms with Crippen molar-refractivity contribution < 1.29 is 36.4 Å². The SMILES string of the molecule is CC(=O)O[C@H]1[C@H](n2c(C#N)cc(=O)[nH]c2=O)O[C@H](COC(=O)c2ccccc2)[C@@]12OS(=O)(=O)C=C2N. The Morgan fingerprint density at radius 2 is 1.97 bits per heavy atom. The molecule has 1 spiro atoms. The van der Waals surface area contributed by atoms with Crippen molar-refractivity contribution in [2.45, 2.75) is 31.0 Å². The first kappa shape index (κ1) is 24.9. The molecule has 0 saturated carbocycles. The van der Waals surface area contributed by atoms with Crippen LogP contribution in [0.3, 0.4) is 0 Å². The number of benzene rings is 1. The summed E-state index contributed by atoms with van der Waals surface area (Å²) in [7, 11) is -4.43. The second kappa shape index (κ2) is 9.07. The van der Waals surface area contributed by atoms with Gasteiger partial charge in [0.2, 0.25) is 0 Å². The summed E-state index contributed by atoms with van der Waals surface area (Å²) in [5, 5.41) is 10.1. The number of aromatic amines is 1. The molecule has 188 valence electrons. The van der Waals surface area contributed by atoms with Gasteiger partial charge in [0.1, 0.15) is 24.5 Å². The summed E-state index contributed by atoms with van der Waals surface area (Å²) in [4.78, 5) is 50.8. The van der Waals surface area contributed by atoms with E-state index >= 15 is 0 Å². The van der Waals surface area contributed by atoms with Crippen LogP contribution in [0, 0.1) is 11.3 Å². The van der Waals surface area contributed by atoms with E-state index in [9.17, 15) is 32.9 Å². The van der Waals surface area contributed by atoms with Crippen molar-refractivity contribution in [3.63, 3.8) is 0 Å². The fraction of sp³-hybridized carbons (Fsp3) is 0.286. The zero-order valence-corrected chi connectivity index (χ0v) is 19.3. The fourth-order valence-electron chi connectivity index (χ4n) is 4.04. The minimum atomic E-state index is -4.43. The standard InChI is InChI=1S/C21H18N4O10S/c1-11(26)33-17-18(25-13(8-22)7-16(27)24-20(25)29)34-15(21(17)14(23)10-36(30,31)35-21)9-32-19(28)12-5-3-2-4-6-12/h2-7,10,15,17-18H,9,23H2,1H3,(H,24,27,29)/t15-,17+,18-,21-/m1/s1. The normalized spacial score (nSPS) is 26.2. The minimum Gasteiger partial charge on any atom is -0.459 e. The Kier molecular flexibility index (Phi) is 6.26. The summed E-state index contributed by atoms with van der Waals surface area (Å²) in [6.07, 6.45) is -5.02. The number of ether oxygens (including phenoxy) is 3. The minimum absolute atomic E-state index is 0.171. The number of nitrogens with one attached hydrogen (secondary N) is 1. The number of hydrogen-bond donors (Lipinski definition) is 2. The van der Waals surface area contributed by atoms with Crippen LogP contribution in [-0.2, 0) is 33.3 Å². The number of hydrogen-bond acceptors (Lipinski definition) is 12. The molecule has 0 radical (unpaired) electrons. The van der Waals surface area contributed by atoms with E-state index in [0.29, 0.717) is 9.98 Å². The van der Waals surface area contributed by atoms with Gasteiger partial charge < -0.3 is 19.9 Å². The van der Waals surface area contributed by atoms with Crippen molar-refractivity contribution in [1.29, 1.82) is 5.26 Å². The van der Waals surface area contributed by atoms with Crippen LogP contribution in [-0.4, -0.2) is 54.3 Å². The predicted molar refractivity (Wildman–Crippen MR) is 117 cm³/mol. The molecular weight excluding hydrogens is 500 g/mol. The first-order chi connectivity index (χ1) is 17.0. The van der Waals surface area contributed by atoms with Crippen LogP contribution in [0.1, 0.15) is 29.2 Å².